The van der Waals surface area contributed by atoms with Crippen molar-refractivity contribution >= 4 is 17.7 Å². The van der Waals surface area contributed by atoms with Crippen molar-refractivity contribution in [1.29, 1.82) is 0 Å². The zero-order chi connectivity index (χ0) is 17.5. The lowest BCUT2D eigenvalue weighted by atomic mass is 9.96. The van der Waals surface area contributed by atoms with Crippen molar-refractivity contribution in [3.8, 4) is 0 Å². The average molecular weight is 335 g/mol. The zero-order valence-corrected chi connectivity index (χ0v) is 14.3. The Hall–Kier alpha value is -2.31. The third kappa shape index (κ3) is 4.59. The van der Waals surface area contributed by atoms with E-state index in [2.05, 4.69) is 12.2 Å². The molecule has 1 aromatic heterocycles. The van der Waals surface area contributed by atoms with Crippen LogP contribution in [0.2, 0.25) is 0 Å². The monoisotopic (exact) mass is 335 g/mol. The summed E-state index contributed by atoms with van der Waals surface area (Å²) in [5, 5.41) is 2.67. The molecule has 0 unspecified atom stereocenters. The molecule has 1 fully saturated rings. The summed E-state index contributed by atoms with van der Waals surface area (Å²) in [7, 11) is 0. The van der Waals surface area contributed by atoms with Crippen molar-refractivity contribution in [3.05, 3.63) is 28.7 Å². The quantitative estimate of drug-likeness (QED) is 0.835. The van der Waals surface area contributed by atoms with Crippen LogP contribution in [-0.4, -0.2) is 41.2 Å². The largest absolute Gasteiger partial charge is 0.465 e. The van der Waals surface area contributed by atoms with Gasteiger partial charge in [0.15, 0.2) is 0 Å². The Balaban J connectivity index is 2.05. The van der Waals surface area contributed by atoms with Gasteiger partial charge in [0.05, 0.1) is 6.61 Å². The van der Waals surface area contributed by atoms with Gasteiger partial charge in [0.2, 0.25) is 0 Å². The molecule has 1 saturated heterocycles. The van der Waals surface area contributed by atoms with E-state index in [1.807, 2.05) is 0 Å². The Labute approximate surface area is 141 Å². The molecule has 1 aliphatic rings. The second kappa shape index (κ2) is 8.52. The van der Waals surface area contributed by atoms with E-state index < -0.39 is 11.5 Å². The van der Waals surface area contributed by atoms with Gasteiger partial charge in [0.1, 0.15) is 12.2 Å². The van der Waals surface area contributed by atoms with Gasteiger partial charge in [-0.3, -0.25) is 9.59 Å². The number of hydrogen-bond acceptors (Lipinski definition) is 4. The van der Waals surface area contributed by atoms with Crippen molar-refractivity contribution in [2.75, 3.05) is 25.0 Å². The topological polar surface area (TPSA) is 80.6 Å². The number of urea groups is 1. The lowest BCUT2D eigenvalue weighted by Crippen LogP contribution is -2.43. The molecule has 7 nitrogen and oxygen atoms in total. The van der Waals surface area contributed by atoms with Gasteiger partial charge in [-0.2, -0.15) is 0 Å². The van der Waals surface area contributed by atoms with Crippen LogP contribution >= 0.6 is 0 Å². The first-order chi connectivity index (χ1) is 11.5. The fourth-order valence-corrected chi connectivity index (χ4v) is 2.88. The van der Waals surface area contributed by atoms with Gasteiger partial charge in [0, 0.05) is 19.3 Å². The number of pyridine rings is 1. The highest BCUT2D eigenvalue weighted by atomic mass is 16.5. The Kier molecular flexibility index (Phi) is 6.40. The molecular weight excluding hydrogens is 310 g/mol. The molecule has 0 spiro atoms. The normalized spacial score (nSPS) is 17.4. The van der Waals surface area contributed by atoms with Crippen LogP contribution in [0, 0.1) is 5.92 Å². The molecule has 7 heteroatoms. The molecule has 2 rings (SSSR count). The minimum atomic E-state index is -0.482. The molecule has 2 heterocycles. The first kappa shape index (κ1) is 18.0. The molecule has 0 aromatic carbocycles. The van der Waals surface area contributed by atoms with Gasteiger partial charge in [-0.25, -0.2) is 4.79 Å². The van der Waals surface area contributed by atoms with E-state index in [4.69, 9.17) is 4.74 Å². The van der Waals surface area contributed by atoms with Crippen LogP contribution < -0.4 is 10.9 Å². The average Bonchev–Trinajstić information content (AvgIpc) is 2.58. The highest BCUT2D eigenvalue weighted by molar-refractivity contribution is 5.89. The number of nitrogens with zero attached hydrogens (tertiary/aromatic N) is 2. The fraction of sp³-hybridized carbons (Fsp3) is 0.588. The smallest absolute Gasteiger partial charge is 0.326 e. The number of aromatic nitrogens is 1. The summed E-state index contributed by atoms with van der Waals surface area (Å²) in [5.74, 6) is 0.0330. The van der Waals surface area contributed by atoms with Gasteiger partial charge in [0.25, 0.3) is 5.56 Å². The SMILES string of the molecule is CCOC(=O)Cn1cccc(NC(=O)N2CCC[C@H](CC)C2)c1=O. The van der Waals surface area contributed by atoms with Crippen molar-refractivity contribution in [3.63, 3.8) is 0 Å². The molecule has 1 N–H and O–H groups in total. The highest BCUT2D eigenvalue weighted by Crippen LogP contribution is 2.19. The summed E-state index contributed by atoms with van der Waals surface area (Å²) >= 11 is 0. The molecule has 0 bridgehead atoms. The number of ether oxygens (including phenoxy) is 1. The van der Waals surface area contributed by atoms with Crippen LogP contribution in [0.15, 0.2) is 23.1 Å². The predicted octanol–water partition coefficient (Wildman–Crippen LogP) is 2.07. The lowest BCUT2D eigenvalue weighted by Gasteiger charge is -2.32. The number of carbonyl (C=O) groups is 2. The van der Waals surface area contributed by atoms with Gasteiger partial charge >= 0.3 is 12.0 Å². The number of rotatable bonds is 5. The number of piperidine rings is 1. The number of hydrogen-bond donors (Lipinski definition) is 1. The van der Waals surface area contributed by atoms with Gasteiger partial charge in [-0.1, -0.05) is 13.3 Å². The maximum absolute atomic E-state index is 12.4. The minimum absolute atomic E-state index is 0.169. The van der Waals surface area contributed by atoms with Gasteiger partial charge in [-0.05, 0) is 37.8 Å². The van der Waals surface area contributed by atoms with E-state index in [1.54, 1.807) is 24.0 Å². The van der Waals surface area contributed by atoms with E-state index in [1.165, 1.54) is 10.8 Å². The molecule has 0 saturated carbocycles. The minimum Gasteiger partial charge on any atom is -0.465 e. The van der Waals surface area contributed by atoms with Crippen LogP contribution in [-0.2, 0) is 16.1 Å². The molecule has 24 heavy (non-hydrogen) atoms. The maximum atomic E-state index is 12.4. The highest BCUT2D eigenvalue weighted by Gasteiger charge is 2.23. The molecule has 1 aliphatic heterocycles. The molecule has 1 aromatic rings. The van der Waals surface area contributed by atoms with E-state index in [0.29, 0.717) is 19.0 Å². The van der Waals surface area contributed by atoms with Crippen LogP contribution in [0.3, 0.4) is 0 Å². The molecular formula is C17H25N3O4. The van der Waals surface area contributed by atoms with Gasteiger partial charge in [-0.15, -0.1) is 0 Å². The molecule has 1 atom stereocenters. The molecule has 132 valence electrons. The third-order valence-electron chi connectivity index (χ3n) is 4.25. The van der Waals surface area contributed by atoms with Crippen LogP contribution in [0.4, 0.5) is 10.5 Å². The first-order valence-electron chi connectivity index (χ1n) is 8.46. The lowest BCUT2D eigenvalue weighted by molar-refractivity contribution is -0.143. The van der Waals surface area contributed by atoms with Crippen molar-refractivity contribution in [2.45, 2.75) is 39.7 Å². The Bertz CT molecular complexity index is 641. The van der Waals surface area contributed by atoms with Crippen molar-refractivity contribution in [1.82, 2.24) is 9.47 Å². The second-order valence-electron chi connectivity index (χ2n) is 5.95. The number of anilines is 1. The summed E-state index contributed by atoms with van der Waals surface area (Å²) in [5.41, 5.74) is -0.242. The van der Waals surface area contributed by atoms with Crippen LogP contribution in [0.1, 0.15) is 33.1 Å². The van der Waals surface area contributed by atoms with Crippen molar-refractivity contribution in [2.24, 2.45) is 5.92 Å². The van der Waals surface area contributed by atoms with E-state index in [0.717, 1.165) is 19.3 Å². The number of carbonyl (C=O) groups excluding carboxylic acids is 2. The summed E-state index contributed by atoms with van der Waals surface area (Å²) < 4.78 is 6.08. The Morgan fingerprint density at radius 2 is 2.17 bits per heavy atom. The first-order valence-corrected chi connectivity index (χ1v) is 8.46. The van der Waals surface area contributed by atoms with E-state index in [9.17, 15) is 14.4 Å². The molecule has 0 radical (unpaired) electrons. The van der Waals surface area contributed by atoms with Crippen LogP contribution in [0.5, 0.6) is 0 Å². The molecule has 2 amide bonds. The Morgan fingerprint density at radius 1 is 1.38 bits per heavy atom. The Morgan fingerprint density at radius 3 is 2.88 bits per heavy atom. The number of likely N-dealkylation sites (tertiary alicyclic amines) is 1. The van der Waals surface area contributed by atoms with E-state index >= 15 is 0 Å². The summed E-state index contributed by atoms with van der Waals surface area (Å²) in [6.45, 7) is 5.34. The molecule has 0 aliphatic carbocycles. The number of nitrogens with one attached hydrogen (secondary N) is 1. The fourth-order valence-electron chi connectivity index (χ4n) is 2.88. The second-order valence-corrected chi connectivity index (χ2v) is 5.95. The number of amides is 2. The maximum Gasteiger partial charge on any atom is 0.326 e. The summed E-state index contributed by atoms with van der Waals surface area (Å²) in [6, 6.07) is 2.91. The van der Waals surface area contributed by atoms with Crippen molar-refractivity contribution < 1.29 is 14.3 Å². The summed E-state index contributed by atoms with van der Waals surface area (Å²) in [4.78, 5) is 38.0. The van der Waals surface area contributed by atoms with Gasteiger partial charge < -0.3 is 19.5 Å². The summed E-state index contributed by atoms with van der Waals surface area (Å²) in [6.07, 6.45) is 4.66. The number of esters is 1. The van der Waals surface area contributed by atoms with E-state index in [-0.39, 0.29) is 24.9 Å². The van der Waals surface area contributed by atoms with Crippen LogP contribution in [0.25, 0.3) is 0 Å². The third-order valence-corrected chi connectivity index (χ3v) is 4.25. The standard InChI is InChI=1S/C17H25N3O4/c1-3-13-7-5-10-20(11-13)17(23)18-14-8-6-9-19(16(14)22)12-15(21)24-4-2/h6,8-9,13H,3-5,7,10-12H2,1-2H3,(H,18,23)/t13-/m0/s1. The predicted molar refractivity (Wildman–Crippen MR) is 90.9 cm³/mol. The zero-order valence-electron chi connectivity index (χ0n) is 14.3.